The Kier molecular flexibility index (Phi) is 8.93. The molecule has 0 aliphatic heterocycles. The molecule has 0 radical (unpaired) electrons. The van der Waals surface area contributed by atoms with E-state index in [-0.39, 0.29) is 0 Å². The van der Waals surface area contributed by atoms with Crippen LogP contribution in [-0.4, -0.2) is 6.54 Å². The van der Waals surface area contributed by atoms with Gasteiger partial charge in [0.05, 0.1) is 0 Å². The van der Waals surface area contributed by atoms with Gasteiger partial charge in [-0.1, -0.05) is 52.8 Å². The Morgan fingerprint density at radius 1 is 1.00 bits per heavy atom. The highest BCUT2D eigenvalue weighted by molar-refractivity contribution is 4.96. The van der Waals surface area contributed by atoms with E-state index >= 15 is 0 Å². The third-order valence-electron chi connectivity index (χ3n) is 3.02. The van der Waals surface area contributed by atoms with Gasteiger partial charge >= 0.3 is 0 Å². The van der Waals surface area contributed by atoms with Crippen molar-refractivity contribution in [2.75, 3.05) is 6.54 Å². The number of nitrogens with one attached hydrogen (secondary N) is 1. The van der Waals surface area contributed by atoms with Gasteiger partial charge in [0.25, 0.3) is 0 Å². The number of rotatable bonds is 10. The molecular formula is C16H31N. The number of allylic oxidation sites excluding steroid dienone is 2. The second-order valence-corrected chi connectivity index (χ2v) is 5.75. The van der Waals surface area contributed by atoms with Crippen molar-refractivity contribution < 1.29 is 0 Å². The van der Waals surface area contributed by atoms with E-state index in [4.69, 9.17) is 0 Å². The lowest BCUT2D eigenvalue weighted by Crippen LogP contribution is -2.15. The lowest BCUT2D eigenvalue weighted by Gasteiger charge is -2.12. The Bertz CT molecular complexity index is 226. The van der Waals surface area contributed by atoms with Gasteiger partial charge < -0.3 is 5.32 Å². The minimum atomic E-state index is 0.638. The van der Waals surface area contributed by atoms with Crippen molar-refractivity contribution in [2.45, 2.75) is 59.8 Å². The standard InChI is InChI=1S/C16H31N/c1-13(2)12-16(6)17-11-9-7-8-10-15(5)14(3)4/h13-14,17H,5-12H2,1-4H3. The zero-order valence-electron chi connectivity index (χ0n) is 12.3. The number of hydrogen-bond acceptors (Lipinski definition) is 1. The van der Waals surface area contributed by atoms with Crippen LogP contribution in [0.3, 0.4) is 0 Å². The highest BCUT2D eigenvalue weighted by Gasteiger charge is 2.00. The van der Waals surface area contributed by atoms with Gasteiger partial charge in [-0.05, 0) is 37.5 Å². The van der Waals surface area contributed by atoms with Crippen molar-refractivity contribution in [3.05, 3.63) is 24.4 Å². The van der Waals surface area contributed by atoms with E-state index in [2.05, 4.69) is 46.2 Å². The van der Waals surface area contributed by atoms with Crippen LogP contribution in [0.4, 0.5) is 0 Å². The van der Waals surface area contributed by atoms with E-state index in [1.54, 1.807) is 0 Å². The molecule has 0 aromatic heterocycles. The van der Waals surface area contributed by atoms with Crippen molar-refractivity contribution in [1.29, 1.82) is 0 Å². The summed E-state index contributed by atoms with van der Waals surface area (Å²) >= 11 is 0. The van der Waals surface area contributed by atoms with Crippen molar-refractivity contribution in [3.8, 4) is 0 Å². The zero-order valence-corrected chi connectivity index (χ0v) is 12.3. The third-order valence-corrected chi connectivity index (χ3v) is 3.02. The Balaban J connectivity index is 3.35. The van der Waals surface area contributed by atoms with Gasteiger partial charge in [-0.2, -0.15) is 0 Å². The van der Waals surface area contributed by atoms with Gasteiger partial charge in [0.1, 0.15) is 0 Å². The maximum atomic E-state index is 4.10. The smallest absolute Gasteiger partial charge is 0.0143 e. The first kappa shape index (κ1) is 16.3. The van der Waals surface area contributed by atoms with E-state index in [1.807, 2.05) is 0 Å². The fourth-order valence-corrected chi connectivity index (χ4v) is 1.77. The van der Waals surface area contributed by atoms with Gasteiger partial charge in [0.15, 0.2) is 0 Å². The van der Waals surface area contributed by atoms with E-state index < -0.39 is 0 Å². The molecule has 0 aromatic carbocycles. The molecule has 0 aromatic rings. The maximum Gasteiger partial charge on any atom is 0.0143 e. The summed E-state index contributed by atoms with van der Waals surface area (Å²) < 4.78 is 0. The van der Waals surface area contributed by atoms with Crippen LogP contribution >= 0.6 is 0 Å². The van der Waals surface area contributed by atoms with Crippen molar-refractivity contribution in [3.63, 3.8) is 0 Å². The summed E-state index contributed by atoms with van der Waals surface area (Å²) in [5.41, 5.74) is 2.58. The minimum Gasteiger partial charge on any atom is -0.389 e. The average Bonchev–Trinajstić information content (AvgIpc) is 2.21. The Hall–Kier alpha value is -0.720. The molecule has 0 aliphatic carbocycles. The summed E-state index contributed by atoms with van der Waals surface area (Å²) in [5.74, 6) is 1.34. The molecule has 0 bridgehead atoms. The summed E-state index contributed by atoms with van der Waals surface area (Å²) in [6.07, 6.45) is 6.07. The normalized spacial score (nSPS) is 10.9. The van der Waals surface area contributed by atoms with Crippen LogP contribution in [0.25, 0.3) is 0 Å². The number of unbranched alkanes of at least 4 members (excludes halogenated alkanes) is 2. The number of hydrogen-bond donors (Lipinski definition) is 1. The molecule has 0 aliphatic rings. The average molecular weight is 237 g/mol. The first-order valence-electron chi connectivity index (χ1n) is 7.02. The fourth-order valence-electron chi connectivity index (χ4n) is 1.77. The van der Waals surface area contributed by atoms with Crippen LogP contribution in [0.1, 0.15) is 59.8 Å². The second kappa shape index (κ2) is 9.32. The Morgan fingerprint density at radius 2 is 1.65 bits per heavy atom. The SMILES string of the molecule is C=C(CC(C)C)NCCCCCC(=C)C(C)C. The topological polar surface area (TPSA) is 12.0 Å². The lowest BCUT2D eigenvalue weighted by molar-refractivity contribution is 0.576. The summed E-state index contributed by atoms with van der Waals surface area (Å²) in [4.78, 5) is 0. The monoisotopic (exact) mass is 237 g/mol. The summed E-state index contributed by atoms with van der Waals surface area (Å²) in [5, 5.41) is 3.41. The molecular weight excluding hydrogens is 206 g/mol. The summed E-state index contributed by atoms with van der Waals surface area (Å²) in [6, 6.07) is 0. The van der Waals surface area contributed by atoms with Crippen molar-refractivity contribution in [1.82, 2.24) is 5.32 Å². The maximum absolute atomic E-state index is 4.10. The highest BCUT2D eigenvalue weighted by Crippen LogP contribution is 2.15. The van der Waals surface area contributed by atoms with Gasteiger partial charge in [0, 0.05) is 12.2 Å². The first-order chi connectivity index (χ1) is 7.93. The van der Waals surface area contributed by atoms with Crippen molar-refractivity contribution in [2.24, 2.45) is 11.8 Å². The third kappa shape index (κ3) is 10.2. The molecule has 0 saturated heterocycles. The molecule has 0 rings (SSSR count). The van der Waals surface area contributed by atoms with Crippen LogP contribution in [0, 0.1) is 11.8 Å². The molecule has 1 N–H and O–H groups in total. The van der Waals surface area contributed by atoms with E-state index in [0.29, 0.717) is 11.8 Å². The van der Waals surface area contributed by atoms with Gasteiger partial charge in [-0.3, -0.25) is 0 Å². The fraction of sp³-hybridized carbons (Fsp3) is 0.750. The quantitative estimate of drug-likeness (QED) is 0.420. The van der Waals surface area contributed by atoms with Crippen LogP contribution in [-0.2, 0) is 0 Å². The molecule has 0 unspecified atom stereocenters. The molecule has 0 saturated carbocycles. The Labute approximate surface area is 108 Å². The molecule has 0 spiro atoms. The van der Waals surface area contributed by atoms with Crippen LogP contribution in [0.5, 0.6) is 0 Å². The molecule has 100 valence electrons. The molecule has 0 fully saturated rings. The molecule has 1 heteroatoms. The second-order valence-electron chi connectivity index (χ2n) is 5.75. The molecule has 0 heterocycles. The molecule has 0 amide bonds. The summed E-state index contributed by atoms with van der Waals surface area (Å²) in [7, 11) is 0. The van der Waals surface area contributed by atoms with Crippen molar-refractivity contribution >= 4 is 0 Å². The van der Waals surface area contributed by atoms with Gasteiger partial charge in [-0.25, -0.2) is 0 Å². The summed E-state index contributed by atoms with van der Waals surface area (Å²) in [6.45, 7) is 18.1. The van der Waals surface area contributed by atoms with Gasteiger partial charge in [0.2, 0.25) is 0 Å². The predicted octanol–water partition coefficient (Wildman–Crippen LogP) is 4.91. The zero-order chi connectivity index (χ0) is 13.3. The highest BCUT2D eigenvalue weighted by atomic mass is 14.9. The molecule has 0 atom stereocenters. The van der Waals surface area contributed by atoms with Gasteiger partial charge in [-0.15, -0.1) is 0 Å². The van der Waals surface area contributed by atoms with Crippen LogP contribution in [0.2, 0.25) is 0 Å². The molecule has 1 nitrogen and oxygen atoms in total. The largest absolute Gasteiger partial charge is 0.389 e. The van der Waals surface area contributed by atoms with E-state index in [1.165, 1.54) is 37.0 Å². The van der Waals surface area contributed by atoms with E-state index in [0.717, 1.165) is 13.0 Å². The lowest BCUT2D eigenvalue weighted by atomic mass is 9.99. The molecule has 17 heavy (non-hydrogen) atoms. The minimum absolute atomic E-state index is 0.638. The van der Waals surface area contributed by atoms with Crippen LogP contribution < -0.4 is 5.32 Å². The van der Waals surface area contributed by atoms with E-state index in [9.17, 15) is 0 Å². The van der Waals surface area contributed by atoms with Crippen LogP contribution in [0.15, 0.2) is 24.4 Å². The first-order valence-corrected chi connectivity index (χ1v) is 7.02. The predicted molar refractivity (Wildman–Crippen MR) is 79.0 cm³/mol. The Morgan fingerprint density at radius 3 is 2.18 bits per heavy atom.